The third-order valence-electron chi connectivity index (χ3n) is 3.74. The Morgan fingerprint density at radius 2 is 2.18 bits per heavy atom. The molecule has 2 N–H and O–H groups in total. The highest BCUT2D eigenvalue weighted by Gasteiger charge is 2.36. The van der Waals surface area contributed by atoms with Crippen LogP contribution < -0.4 is 0 Å². The van der Waals surface area contributed by atoms with Crippen molar-refractivity contribution in [1.29, 1.82) is 0 Å². The van der Waals surface area contributed by atoms with Gasteiger partial charge in [0.25, 0.3) is 0 Å². The summed E-state index contributed by atoms with van der Waals surface area (Å²) in [6.45, 7) is 2.15. The van der Waals surface area contributed by atoms with E-state index in [0.29, 0.717) is 18.8 Å². The SMILES string of the molecule is CC1CCC(O)(CCC(=O)O)c2ccccc21. The van der Waals surface area contributed by atoms with E-state index in [1.165, 1.54) is 0 Å². The fourth-order valence-electron chi connectivity index (χ4n) is 2.67. The Labute approximate surface area is 101 Å². The minimum atomic E-state index is -0.957. The van der Waals surface area contributed by atoms with Gasteiger partial charge < -0.3 is 10.2 Å². The molecule has 0 radical (unpaired) electrons. The van der Waals surface area contributed by atoms with Gasteiger partial charge in [-0.25, -0.2) is 0 Å². The van der Waals surface area contributed by atoms with E-state index < -0.39 is 11.6 Å². The lowest BCUT2D eigenvalue weighted by molar-refractivity contribution is -0.138. The maximum atomic E-state index is 10.6. The average molecular weight is 234 g/mol. The molecule has 0 aromatic heterocycles. The van der Waals surface area contributed by atoms with Crippen LogP contribution in [-0.2, 0) is 10.4 Å². The van der Waals surface area contributed by atoms with E-state index in [2.05, 4.69) is 6.92 Å². The minimum absolute atomic E-state index is 0.0131. The number of carboxylic acid groups (broad SMARTS) is 1. The van der Waals surface area contributed by atoms with E-state index in [1.807, 2.05) is 24.3 Å². The molecule has 0 spiro atoms. The van der Waals surface area contributed by atoms with Crippen LogP contribution in [0, 0.1) is 0 Å². The largest absolute Gasteiger partial charge is 0.481 e. The summed E-state index contributed by atoms with van der Waals surface area (Å²) in [7, 11) is 0. The Balaban J connectivity index is 2.31. The zero-order valence-electron chi connectivity index (χ0n) is 10.0. The lowest BCUT2D eigenvalue weighted by atomic mass is 9.72. The monoisotopic (exact) mass is 234 g/mol. The topological polar surface area (TPSA) is 57.5 Å². The second-order valence-electron chi connectivity index (χ2n) is 4.95. The highest BCUT2D eigenvalue weighted by molar-refractivity contribution is 5.66. The predicted octanol–water partition coefficient (Wildman–Crippen LogP) is 2.64. The standard InChI is InChI=1S/C14H18O3/c1-10-6-8-14(17,9-7-13(15)16)12-5-3-2-4-11(10)12/h2-5,10,17H,6-9H2,1H3,(H,15,16). The molecule has 1 aromatic carbocycles. The van der Waals surface area contributed by atoms with Gasteiger partial charge in [-0.15, -0.1) is 0 Å². The molecule has 17 heavy (non-hydrogen) atoms. The van der Waals surface area contributed by atoms with Crippen molar-refractivity contribution in [2.45, 2.75) is 44.1 Å². The fraction of sp³-hybridized carbons (Fsp3) is 0.500. The van der Waals surface area contributed by atoms with E-state index in [9.17, 15) is 9.90 Å². The van der Waals surface area contributed by atoms with E-state index >= 15 is 0 Å². The first-order valence-corrected chi connectivity index (χ1v) is 6.06. The first-order chi connectivity index (χ1) is 8.03. The van der Waals surface area contributed by atoms with Crippen molar-refractivity contribution in [3.8, 4) is 0 Å². The molecule has 3 nitrogen and oxygen atoms in total. The number of hydrogen-bond donors (Lipinski definition) is 2. The van der Waals surface area contributed by atoms with Crippen LogP contribution in [0.5, 0.6) is 0 Å². The van der Waals surface area contributed by atoms with Crippen LogP contribution in [0.3, 0.4) is 0 Å². The zero-order chi connectivity index (χ0) is 12.5. The molecule has 92 valence electrons. The quantitative estimate of drug-likeness (QED) is 0.845. The van der Waals surface area contributed by atoms with Crippen LogP contribution in [-0.4, -0.2) is 16.2 Å². The Hall–Kier alpha value is -1.35. The van der Waals surface area contributed by atoms with Crippen molar-refractivity contribution in [3.05, 3.63) is 35.4 Å². The molecule has 1 aliphatic carbocycles. The zero-order valence-corrected chi connectivity index (χ0v) is 10.0. The van der Waals surface area contributed by atoms with Crippen molar-refractivity contribution < 1.29 is 15.0 Å². The normalized spacial score (nSPS) is 27.5. The molecule has 0 heterocycles. The van der Waals surface area contributed by atoms with Gasteiger partial charge in [-0.3, -0.25) is 4.79 Å². The van der Waals surface area contributed by atoms with Crippen molar-refractivity contribution in [3.63, 3.8) is 0 Å². The highest BCUT2D eigenvalue weighted by Crippen LogP contribution is 2.43. The number of hydrogen-bond acceptors (Lipinski definition) is 2. The Morgan fingerprint density at radius 1 is 1.47 bits per heavy atom. The summed E-state index contributed by atoms with van der Waals surface area (Å²) >= 11 is 0. The first-order valence-electron chi connectivity index (χ1n) is 6.06. The summed E-state index contributed by atoms with van der Waals surface area (Å²) in [5, 5.41) is 19.4. The summed E-state index contributed by atoms with van der Waals surface area (Å²) in [5.74, 6) is -0.411. The van der Waals surface area contributed by atoms with Crippen molar-refractivity contribution in [2.75, 3.05) is 0 Å². The molecule has 0 bridgehead atoms. The summed E-state index contributed by atoms with van der Waals surface area (Å²) in [4.78, 5) is 10.6. The summed E-state index contributed by atoms with van der Waals surface area (Å²) < 4.78 is 0. The number of carboxylic acids is 1. The van der Waals surface area contributed by atoms with Gasteiger partial charge in [-0.1, -0.05) is 31.2 Å². The van der Waals surface area contributed by atoms with Gasteiger partial charge in [0.2, 0.25) is 0 Å². The lowest BCUT2D eigenvalue weighted by Gasteiger charge is -2.37. The smallest absolute Gasteiger partial charge is 0.303 e. The van der Waals surface area contributed by atoms with E-state index in [4.69, 9.17) is 5.11 Å². The number of benzene rings is 1. The summed E-state index contributed by atoms with van der Waals surface area (Å²) in [6.07, 6.45) is 1.87. The third kappa shape index (κ3) is 2.34. The third-order valence-corrected chi connectivity index (χ3v) is 3.74. The van der Waals surface area contributed by atoms with Crippen LogP contribution in [0.1, 0.15) is 49.7 Å². The van der Waals surface area contributed by atoms with Gasteiger partial charge in [-0.05, 0) is 36.3 Å². The maximum absolute atomic E-state index is 10.6. The van der Waals surface area contributed by atoms with Crippen LogP contribution >= 0.6 is 0 Å². The predicted molar refractivity (Wildman–Crippen MR) is 64.9 cm³/mol. The highest BCUT2D eigenvalue weighted by atomic mass is 16.4. The van der Waals surface area contributed by atoms with Gasteiger partial charge in [0.1, 0.15) is 0 Å². The van der Waals surface area contributed by atoms with Crippen molar-refractivity contribution in [2.24, 2.45) is 0 Å². The molecule has 2 atom stereocenters. The maximum Gasteiger partial charge on any atom is 0.303 e. The van der Waals surface area contributed by atoms with Crippen LogP contribution in [0.2, 0.25) is 0 Å². The molecule has 0 saturated heterocycles. The number of fused-ring (bicyclic) bond motifs is 1. The van der Waals surface area contributed by atoms with Crippen LogP contribution in [0.15, 0.2) is 24.3 Å². The number of aliphatic carboxylic acids is 1. The molecule has 3 heteroatoms. The van der Waals surface area contributed by atoms with Crippen molar-refractivity contribution >= 4 is 5.97 Å². The lowest BCUT2D eigenvalue weighted by Crippen LogP contribution is -2.32. The van der Waals surface area contributed by atoms with Gasteiger partial charge >= 0.3 is 5.97 Å². The van der Waals surface area contributed by atoms with E-state index in [0.717, 1.165) is 17.5 Å². The molecule has 0 fully saturated rings. The van der Waals surface area contributed by atoms with Crippen LogP contribution in [0.25, 0.3) is 0 Å². The van der Waals surface area contributed by atoms with Crippen LogP contribution in [0.4, 0.5) is 0 Å². The molecule has 0 aliphatic heterocycles. The Bertz CT molecular complexity index is 427. The van der Waals surface area contributed by atoms with Gasteiger partial charge in [0.05, 0.1) is 5.60 Å². The second-order valence-corrected chi connectivity index (χ2v) is 4.95. The minimum Gasteiger partial charge on any atom is -0.481 e. The number of aliphatic hydroxyl groups is 1. The molecule has 1 aliphatic rings. The van der Waals surface area contributed by atoms with E-state index in [-0.39, 0.29) is 6.42 Å². The van der Waals surface area contributed by atoms with Crippen molar-refractivity contribution in [1.82, 2.24) is 0 Å². The number of rotatable bonds is 3. The van der Waals surface area contributed by atoms with Gasteiger partial charge in [0.15, 0.2) is 0 Å². The molecule has 1 aromatic rings. The summed E-state index contributed by atoms with van der Waals surface area (Å²) in [5.41, 5.74) is 1.12. The molecule has 0 amide bonds. The Morgan fingerprint density at radius 3 is 2.88 bits per heavy atom. The molecular weight excluding hydrogens is 216 g/mol. The average Bonchev–Trinajstić information content (AvgIpc) is 2.32. The van der Waals surface area contributed by atoms with E-state index in [1.54, 1.807) is 0 Å². The summed E-state index contributed by atoms with van der Waals surface area (Å²) in [6, 6.07) is 7.83. The Kier molecular flexibility index (Phi) is 3.20. The number of carbonyl (C=O) groups is 1. The fourth-order valence-corrected chi connectivity index (χ4v) is 2.67. The molecule has 0 saturated carbocycles. The molecule has 2 rings (SSSR count). The molecule has 2 unspecified atom stereocenters. The second kappa shape index (κ2) is 4.49. The first kappa shape index (κ1) is 12.1. The van der Waals surface area contributed by atoms with Gasteiger partial charge in [-0.2, -0.15) is 0 Å². The van der Waals surface area contributed by atoms with Gasteiger partial charge in [0, 0.05) is 6.42 Å². The molecular formula is C14H18O3.